The maximum atomic E-state index is 13.2. The summed E-state index contributed by atoms with van der Waals surface area (Å²) in [5.74, 6) is 0.212. The third-order valence-electron chi connectivity index (χ3n) is 3.23. The van der Waals surface area contributed by atoms with E-state index in [1.165, 1.54) is 18.2 Å². The molecule has 4 heteroatoms. The predicted octanol–water partition coefficient (Wildman–Crippen LogP) is 3.72. The van der Waals surface area contributed by atoms with Gasteiger partial charge < -0.3 is 9.84 Å². The first-order valence-corrected chi connectivity index (χ1v) is 6.73. The van der Waals surface area contributed by atoms with E-state index in [9.17, 15) is 9.50 Å². The average molecular weight is 285 g/mol. The van der Waals surface area contributed by atoms with Crippen molar-refractivity contribution in [2.75, 3.05) is 0 Å². The summed E-state index contributed by atoms with van der Waals surface area (Å²) in [6.07, 6.45) is 0.169. The maximum Gasteiger partial charge on any atom is 0.123 e. The van der Waals surface area contributed by atoms with Crippen molar-refractivity contribution in [2.24, 2.45) is 0 Å². The molecule has 2 aromatic carbocycles. The van der Waals surface area contributed by atoms with Crippen molar-refractivity contribution >= 4 is 0 Å². The summed E-state index contributed by atoms with van der Waals surface area (Å²) in [5.41, 5.74) is 1.73. The Hall–Kier alpha value is -2.38. The Bertz CT molecular complexity index is 647. The highest BCUT2D eigenvalue weighted by Gasteiger charge is 2.07. The molecule has 0 fully saturated rings. The van der Waals surface area contributed by atoms with E-state index in [2.05, 4.69) is 0 Å². The second-order valence-electron chi connectivity index (χ2n) is 4.70. The smallest absolute Gasteiger partial charge is 0.123 e. The van der Waals surface area contributed by atoms with Crippen LogP contribution >= 0.6 is 0 Å². The van der Waals surface area contributed by atoms with E-state index in [4.69, 9.17) is 10.00 Å². The van der Waals surface area contributed by atoms with Crippen LogP contribution in [0.4, 0.5) is 4.39 Å². The molecule has 0 heterocycles. The molecule has 0 aliphatic carbocycles. The Morgan fingerprint density at radius 2 is 1.95 bits per heavy atom. The largest absolute Gasteiger partial charge is 0.489 e. The van der Waals surface area contributed by atoms with Gasteiger partial charge in [0.05, 0.1) is 17.7 Å². The first-order valence-electron chi connectivity index (χ1n) is 6.73. The van der Waals surface area contributed by atoms with E-state index in [0.717, 1.165) is 5.56 Å². The molecule has 1 unspecified atom stereocenters. The fourth-order valence-corrected chi connectivity index (χ4v) is 1.97. The minimum atomic E-state index is -0.479. The molecule has 0 amide bonds. The molecule has 0 aromatic heterocycles. The van der Waals surface area contributed by atoms with Crippen molar-refractivity contribution in [3.05, 3.63) is 65.0 Å². The number of aliphatic hydroxyl groups excluding tert-OH is 1. The number of halogens is 1. The first-order chi connectivity index (χ1) is 10.1. The zero-order valence-electron chi connectivity index (χ0n) is 11.7. The third-order valence-corrected chi connectivity index (χ3v) is 3.23. The zero-order valence-corrected chi connectivity index (χ0v) is 11.7. The summed E-state index contributed by atoms with van der Waals surface area (Å²) in [6, 6.07) is 13.1. The van der Waals surface area contributed by atoms with Gasteiger partial charge in [0.15, 0.2) is 0 Å². The molecule has 1 atom stereocenters. The molecule has 0 saturated carbocycles. The van der Waals surface area contributed by atoms with Crippen molar-refractivity contribution < 1.29 is 14.2 Å². The Balaban J connectivity index is 2.07. The van der Waals surface area contributed by atoms with Crippen molar-refractivity contribution in [3.8, 4) is 11.8 Å². The van der Waals surface area contributed by atoms with Crippen LogP contribution in [-0.2, 0) is 6.61 Å². The molecule has 3 nitrogen and oxygen atoms in total. The van der Waals surface area contributed by atoms with Crippen molar-refractivity contribution in [3.63, 3.8) is 0 Å². The molecule has 0 bridgehead atoms. The summed E-state index contributed by atoms with van der Waals surface area (Å²) >= 11 is 0. The fourth-order valence-electron chi connectivity index (χ4n) is 1.97. The molecule has 108 valence electrons. The van der Waals surface area contributed by atoms with Gasteiger partial charge in [-0.05, 0) is 42.3 Å². The van der Waals surface area contributed by atoms with Crippen LogP contribution in [0.25, 0.3) is 0 Å². The minimum absolute atomic E-state index is 0.121. The molecule has 2 aromatic rings. The summed E-state index contributed by atoms with van der Waals surface area (Å²) in [6.45, 7) is 2.03. The van der Waals surface area contributed by atoms with Crippen LogP contribution in [0.1, 0.15) is 36.1 Å². The number of rotatable bonds is 5. The van der Waals surface area contributed by atoms with Crippen molar-refractivity contribution in [1.82, 2.24) is 0 Å². The number of nitriles is 1. The SMILES string of the molecule is CCC(O)c1ccc(OCc2cc(F)ccc2C#N)cc1. The van der Waals surface area contributed by atoms with E-state index in [-0.39, 0.29) is 6.61 Å². The van der Waals surface area contributed by atoms with Gasteiger partial charge in [-0.3, -0.25) is 0 Å². The van der Waals surface area contributed by atoms with E-state index in [1.807, 2.05) is 13.0 Å². The number of ether oxygens (including phenoxy) is 1. The lowest BCUT2D eigenvalue weighted by Crippen LogP contribution is -2.00. The molecule has 0 radical (unpaired) electrons. The molecule has 1 N–H and O–H groups in total. The van der Waals surface area contributed by atoms with Gasteiger partial charge in [0, 0.05) is 5.56 Å². The van der Waals surface area contributed by atoms with Crippen LogP contribution < -0.4 is 4.74 Å². The number of hydrogen-bond acceptors (Lipinski definition) is 3. The van der Waals surface area contributed by atoms with Crippen LogP contribution in [0.5, 0.6) is 5.75 Å². The third kappa shape index (κ3) is 3.80. The molecule has 0 aliphatic heterocycles. The predicted molar refractivity (Wildman–Crippen MR) is 77.1 cm³/mol. The molecule has 21 heavy (non-hydrogen) atoms. The Kier molecular flexibility index (Phi) is 4.91. The van der Waals surface area contributed by atoms with Gasteiger partial charge in [-0.25, -0.2) is 4.39 Å². The molecule has 2 rings (SSSR count). The van der Waals surface area contributed by atoms with E-state index in [0.29, 0.717) is 23.3 Å². The number of nitrogens with zero attached hydrogens (tertiary/aromatic N) is 1. The Morgan fingerprint density at radius 1 is 1.24 bits per heavy atom. The van der Waals surface area contributed by atoms with Crippen LogP contribution in [0.3, 0.4) is 0 Å². The summed E-state index contributed by atoms with van der Waals surface area (Å²) in [7, 11) is 0. The number of aliphatic hydroxyl groups is 1. The van der Waals surface area contributed by atoms with Crippen LogP contribution in [-0.4, -0.2) is 5.11 Å². The molecule has 0 aliphatic rings. The highest BCUT2D eigenvalue weighted by atomic mass is 19.1. The molecule has 0 saturated heterocycles. The van der Waals surface area contributed by atoms with Gasteiger partial charge >= 0.3 is 0 Å². The summed E-state index contributed by atoms with van der Waals surface area (Å²) in [5, 5.41) is 18.7. The maximum absolute atomic E-state index is 13.2. The van der Waals surface area contributed by atoms with Gasteiger partial charge in [0.25, 0.3) is 0 Å². The highest BCUT2D eigenvalue weighted by molar-refractivity contribution is 5.38. The van der Waals surface area contributed by atoms with Gasteiger partial charge in [-0.15, -0.1) is 0 Å². The lowest BCUT2D eigenvalue weighted by molar-refractivity contribution is 0.173. The van der Waals surface area contributed by atoms with Crippen LogP contribution in [0.15, 0.2) is 42.5 Å². The van der Waals surface area contributed by atoms with Gasteiger partial charge in [-0.2, -0.15) is 5.26 Å². The van der Waals surface area contributed by atoms with Gasteiger partial charge in [0.2, 0.25) is 0 Å². The normalized spacial score (nSPS) is 11.7. The number of hydrogen-bond donors (Lipinski definition) is 1. The van der Waals surface area contributed by atoms with Crippen molar-refractivity contribution in [2.45, 2.75) is 26.1 Å². The van der Waals surface area contributed by atoms with Crippen LogP contribution in [0, 0.1) is 17.1 Å². The van der Waals surface area contributed by atoms with Gasteiger partial charge in [0.1, 0.15) is 18.2 Å². The summed E-state index contributed by atoms with van der Waals surface area (Å²) < 4.78 is 18.8. The van der Waals surface area contributed by atoms with E-state index < -0.39 is 11.9 Å². The monoisotopic (exact) mass is 285 g/mol. The summed E-state index contributed by atoms with van der Waals surface area (Å²) in [4.78, 5) is 0. The Labute approximate surface area is 123 Å². The quantitative estimate of drug-likeness (QED) is 0.911. The second-order valence-corrected chi connectivity index (χ2v) is 4.70. The minimum Gasteiger partial charge on any atom is -0.489 e. The van der Waals surface area contributed by atoms with Gasteiger partial charge in [-0.1, -0.05) is 19.1 Å². The Morgan fingerprint density at radius 3 is 2.57 bits per heavy atom. The van der Waals surface area contributed by atoms with E-state index >= 15 is 0 Å². The molecular weight excluding hydrogens is 269 g/mol. The zero-order chi connectivity index (χ0) is 15.2. The standard InChI is InChI=1S/C17H16FNO2/c1-2-17(20)12-4-7-16(8-5-12)21-11-14-9-15(18)6-3-13(14)10-19/h3-9,17,20H,2,11H2,1H3. The first kappa shape index (κ1) is 15.0. The highest BCUT2D eigenvalue weighted by Crippen LogP contribution is 2.21. The van der Waals surface area contributed by atoms with E-state index in [1.54, 1.807) is 24.3 Å². The van der Waals surface area contributed by atoms with Crippen LogP contribution in [0.2, 0.25) is 0 Å². The lowest BCUT2D eigenvalue weighted by Gasteiger charge is -2.11. The second kappa shape index (κ2) is 6.87. The fraction of sp³-hybridized carbons (Fsp3) is 0.235. The lowest BCUT2D eigenvalue weighted by atomic mass is 10.1. The molecule has 0 spiro atoms. The molecular formula is C17H16FNO2. The average Bonchev–Trinajstić information content (AvgIpc) is 2.52. The topological polar surface area (TPSA) is 53.2 Å². The number of benzene rings is 2. The van der Waals surface area contributed by atoms with Crippen molar-refractivity contribution in [1.29, 1.82) is 5.26 Å².